The highest BCUT2D eigenvalue weighted by atomic mass is 28.4. The maximum atomic E-state index is 11.8. The molecule has 0 N–H and O–H groups in total. The molecule has 4 saturated carbocycles. The van der Waals surface area contributed by atoms with Gasteiger partial charge in [-0.2, -0.15) is 0 Å². The summed E-state index contributed by atoms with van der Waals surface area (Å²) in [6, 6.07) is 0. The van der Waals surface area contributed by atoms with Crippen molar-refractivity contribution in [2.75, 3.05) is 0 Å². The van der Waals surface area contributed by atoms with Crippen LogP contribution in [0.3, 0.4) is 0 Å². The zero-order chi connectivity index (χ0) is 26.9. The van der Waals surface area contributed by atoms with E-state index < -0.39 is 16.6 Å². The SMILES string of the molecule is C[C@H](C=O)[C@H]1CC[C@H]2[C@@H]3C(O[Si](C)(C)C)C[C@@H]4CC(O[Si](C)(C)C(C)(C)C)CC[C@]4(C)[C@H]3CC[C@]12C. The summed E-state index contributed by atoms with van der Waals surface area (Å²) >= 11 is 0. The number of aldehydes is 1. The first-order valence-electron chi connectivity index (χ1n) is 15.2. The third-order valence-corrected chi connectivity index (χ3v) is 17.9. The highest BCUT2D eigenvalue weighted by Crippen LogP contribution is 2.68. The Kier molecular flexibility index (Phi) is 7.73. The maximum absolute atomic E-state index is 11.8. The number of hydrogen-bond acceptors (Lipinski definition) is 3. The summed E-state index contributed by atoms with van der Waals surface area (Å²) in [4.78, 5) is 11.8. The molecule has 4 aliphatic rings. The van der Waals surface area contributed by atoms with Crippen molar-refractivity contribution in [1.29, 1.82) is 0 Å². The van der Waals surface area contributed by atoms with E-state index in [0.29, 0.717) is 46.7 Å². The molecule has 0 aromatic heterocycles. The number of rotatable bonds is 6. The van der Waals surface area contributed by atoms with Crippen LogP contribution in [0.2, 0.25) is 37.8 Å². The maximum Gasteiger partial charge on any atom is 0.192 e. The van der Waals surface area contributed by atoms with E-state index in [9.17, 15) is 4.79 Å². The van der Waals surface area contributed by atoms with E-state index >= 15 is 0 Å². The smallest absolute Gasteiger partial charge is 0.192 e. The first-order chi connectivity index (χ1) is 16.4. The van der Waals surface area contributed by atoms with Crippen LogP contribution in [0.4, 0.5) is 0 Å². The van der Waals surface area contributed by atoms with Crippen LogP contribution in [0.25, 0.3) is 0 Å². The van der Waals surface area contributed by atoms with Crippen molar-refractivity contribution < 1.29 is 13.6 Å². The molecule has 3 nitrogen and oxygen atoms in total. The molecule has 36 heavy (non-hydrogen) atoms. The average molecular weight is 535 g/mol. The molecular weight excluding hydrogens is 477 g/mol. The molecule has 4 rings (SSSR count). The highest BCUT2D eigenvalue weighted by molar-refractivity contribution is 6.74. The van der Waals surface area contributed by atoms with Gasteiger partial charge in [0, 0.05) is 18.1 Å². The molecule has 0 aromatic rings. The summed E-state index contributed by atoms with van der Waals surface area (Å²) in [5.74, 6) is 3.58. The second-order valence-corrected chi connectivity index (χ2v) is 25.7. The van der Waals surface area contributed by atoms with Gasteiger partial charge in [-0.3, -0.25) is 0 Å². The van der Waals surface area contributed by atoms with Gasteiger partial charge in [-0.15, -0.1) is 0 Å². The molecule has 4 fully saturated rings. The van der Waals surface area contributed by atoms with Crippen LogP contribution < -0.4 is 0 Å². The topological polar surface area (TPSA) is 35.5 Å². The summed E-state index contributed by atoms with van der Waals surface area (Å²) in [7, 11) is -3.44. The second-order valence-electron chi connectivity index (χ2n) is 16.5. The van der Waals surface area contributed by atoms with Crippen molar-refractivity contribution in [3.63, 3.8) is 0 Å². The molecule has 0 saturated heterocycles. The van der Waals surface area contributed by atoms with Gasteiger partial charge in [0.2, 0.25) is 0 Å². The van der Waals surface area contributed by atoms with Crippen LogP contribution in [0, 0.1) is 46.3 Å². The van der Waals surface area contributed by atoms with Crippen molar-refractivity contribution in [2.45, 2.75) is 143 Å². The summed E-state index contributed by atoms with van der Waals surface area (Å²) in [5, 5.41) is 0.264. The molecular formula is C31H58O3Si2. The minimum Gasteiger partial charge on any atom is -0.414 e. The molecule has 0 heterocycles. The average Bonchev–Trinajstić information content (AvgIpc) is 3.09. The van der Waals surface area contributed by atoms with E-state index in [1.807, 2.05) is 0 Å². The predicted octanol–water partition coefficient (Wildman–Crippen LogP) is 8.70. The lowest BCUT2D eigenvalue weighted by Crippen LogP contribution is -2.60. The van der Waals surface area contributed by atoms with Gasteiger partial charge in [0.25, 0.3) is 0 Å². The lowest BCUT2D eigenvalue weighted by atomic mass is 9.43. The van der Waals surface area contributed by atoms with Crippen LogP contribution in [0.15, 0.2) is 0 Å². The van der Waals surface area contributed by atoms with E-state index in [1.54, 1.807) is 0 Å². The molecule has 10 atom stereocenters. The zero-order valence-electron chi connectivity index (χ0n) is 25.6. The Bertz CT molecular complexity index is 814. The fourth-order valence-electron chi connectivity index (χ4n) is 9.43. The highest BCUT2D eigenvalue weighted by Gasteiger charge is 2.63. The number of hydrogen-bond donors (Lipinski definition) is 0. The summed E-state index contributed by atoms with van der Waals surface area (Å²) < 4.78 is 14.2. The lowest BCUT2D eigenvalue weighted by Gasteiger charge is -2.64. The van der Waals surface area contributed by atoms with Crippen molar-refractivity contribution in [3.05, 3.63) is 0 Å². The summed E-state index contributed by atoms with van der Waals surface area (Å²) in [5.41, 5.74) is 0.710. The lowest BCUT2D eigenvalue weighted by molar-refractivity contribution is -0.168. The third kappa shape index (κ3) is 5.01. The predicted molar refractivity (Wildman–Crippen MR) is 156 cm³/mol. The van der Waals surface area contributed by atoms with Crippen LogP contribution in [0.5, 0.6) is 0 Å². The molecule has 0 radical (unpaired) electrons. The molecule has 0 bridgehead atoms. The van der Waals surface area contributed by atoms with Crippen molar-refractivity contribution in [3.8, 4) is 0 Å². The Morgan fingerprint density at radius 3 is 2.06 bits per heavy atom. The Morgan fingerprint density at radius 2 is 1.47 bits per heavy atom. The van der Waals surface area contributed by atoms with Crippen molar-refractivity contribution in [2.24, 2.45) is 46.3 Å². The fraction of sp³-hybridized carbons (Fsp3) is 0.968. The molecule has 208 valence electrons. The Morgan fingerprint density at radius 1 is 0.861 bits per heavy atom. The van der Waals surface area contributed by atoms with E-state index in [-0.39, 0.29) is 11.0 Å². The zero-order valence-corrected chi connectivity index (χ0v) is 27.6. The standard InChI is InChI=1S/C31H58O3Si2/c1-21(20-32)24-12-13-25-28-26(15-17-31(24,25)6)30(5)16-14-23(33-36(10,11)29(2,3)4)18-22(30)19-27(28)34-35(7,8)9/h20-28H,12-19H2,1-11H3/t21-,22+,23?,24-,25+,26+,27?,28+,30+,31-/m1/s1. The summed E-state index contributed by atoms with van der Waals surface area (Å²) in [6.07, 6.45) is 12.2. The molecule has 4 aliphatic carbocycles. The van der Waals surface area contributed by atoms with E-state index in [0.717, 1.165) is 5.92 Å². The molecule has 2 unspecified atom stereocenters. The van der Waals surface area contributed by atoms with E-state index in [1.165, 1.54) is 57.7 Å². The molecule has 0 spiro atoms. The first-order valence-corrected chi connectivity index (χ1v) is 21.6. The molecule has 0 aromatic carbocycles. The molecule has 0 aliphatic heterocycles. The van der Waals surface area contributed by atoms with Crippen LogP contribution >= 0.6 is 0 Å². The molecule has 0 amide bonds. The quantitative estimate of drug-likeness (QED) is 0.252. The minimum absolute atomic E-state index is 0.183. The van der Waals surface area contributed by atoms with Crippen molar-refractivity contribution >= 4 is 22.9 Å². The van der Waals surface area contributed by atoms with Gasteiger partial charge in [-0.1, -0.05) is 41.5 Å². The van der Waals surface area contributed by atoms with E-state index in [2.05, 4.69) is 74.3 Å². The van der Waals surface area contributed by atoms with Crippen LogP contribution in [-0.2, 0) is 13.6 Å². The normalized spacial score (nSPS) is 44.4. The monoisotopic (exact) mass is 534 g/mol. The van der Waals surface area contributed by atoms with Gasteiger partial charge < -0.3 is 13.6 Å². The largest absolute Gasteiger partial charge is 0.414 e. The fourth-order valence-corrected chi connectivity index (χ4v) is 12.0. The van der Waals surface area contributed by atoms with Gasteiger partial charge in [0.1, 0.15) is 6.29 Å². The number of carbonyl (C=O) groups excluding carboxylic acids is 1. The Labute approximate surface area is 225 Å². The molecule has 5 heteroatoms. The number of fused-ring (bicyclic) bond motifs is 5. The summed E-state index contributed by atoms with van der Waals surface area (Å²) in [6.45, 7) is 26.5. The van der Waals surface area contributed by atoms with Crippen molar-refractivity contribution in [1.82, 2.24) is 0 Å². The van der Waals surface area contributed by atoms with Crippen LogP contribution in [0.1, 0.15) is 92.9 Å². The first kappa shape index (κ1) is 29.0. The Hall–Kier alpha value is 0.0238. The Balaban J connectivity index is 1.62. The van der Waals surface area contributed by atoms with Gasteiger partial charge in [0.05, 0.1) is 0 Å². The van der Waals surface area contributed by atoms with Gasteiger partial charge in [-0.05, 0) is 130 Å². The minimum atomic E-state index is -1.77. The van der Waals surface area contributed by atoms with Gasteiger partial charge in [0.15, 0.2) is 16.6 Å². The number of carbonyl (C=O) groups is 1. The van der Waals surface area contributed by atoms with Gasteiger partial charge in [-0.25, -0.2) is 0 Å². The third-order valence-electron chi connectivity index (χ3n) is 12.3. The van der Waals surface area contributed by atoms with Gasteiger partial charge >= 0.3 is 0 Å². The second kappa shape index (κ2) is 9.59. The van der Waals surface area contributed by atoms with Crippen LogP contribution in [-0.4, -0.2) is 35.1 Å². The van der Waals surface area contributed by atoms with E-state index in [4.69, 9.17) is 8.85 Å².